The second-order valence-corrected chi connectivity index (χ2v) is 2.56. The van der Waals surface area contributed by atoms with Crippen LogP contribution >= 0.6 is 0 Å². The van der Waals surface area contributed by atoms with Gasteiger partial charge in [0.1, 0.15) is 0 Å². The Kier molecular flexibility index (Phi) is 10.4. The topological polar surface area (TPSA) is 44.1 Å². The summed E-state index contributed by atoms with van der Waals surface area (Å²) in [6, 6.07) is 6.37. The van der Waals surface area contributed by atoms with E-state index in [0.717, 1.165) is 7.11 Å². The highest BCUT2D eigenvalue weighted by molar-refractivity contribution is 5.52. The zero-order valence-corrected chi connectivity index (χ0v) is 9.17. The van der Waals surface area contributed by atoms with Crippen molar-refractivity contribution in [2.24, 2.45) is 0 Å². The van der Waals surface area contributed by atoms with E-state index in [1.807, 2.05) is 6.08 Å². The van der Waals surface area contributed by atoms with E-state index in [9.17, 15) is 0 Å². The largest absolute Gasteiger partial charge is 0.400 e. The maximum absolute atomic E-state index is 7.00. The lowest BCUT2D eigenvalue weighted by Crippen LogP contribution is -1.80. The maximum atomic E-state index is 7.00. The molecule has 0 aliphatic heterocycles. The molecule has 1 aromatic carbocycles. The van der Waals surface area contributed by atoms with E-state index < -0.39 is 0 Å². The van der Waals surface area contributed by atoms with Crippen LogP contribution in [0.5, 0.6) is 0 Å². The Morgan fingerprint density at radius 1 is 1.21 bits per heavy atom. The molecule has 0 unspecified atom stereocenters. The van der Waals surface area contributed by atoms with Crippen molar-refractivity contribution in [1.29, 1.82) is 5.41 Å². The quantitative estimate of drug-likeness (QED) is 0.662. The molecule has 0 amide bonds. The molecule has 0 aliphatic rings. The molecular weight excluding hydrogens is 174 g/mol. The first-order valence-electron chi connectivity index (χ1n) is 4.24. The molecule has 0 bridgehead atoms. The van der Waals surface area contributed by atoms with E-state index in [4.69, 9.17) is 10.5 Å². The Bertz CT molecular complexity index is 269. The molecule has 0 radical (unpaired) electrons. The van der Waals surface area contributed by atoms with Gasteiger partial charge < -0.3 is 10.5 Å². The van der Waals surface area contributed by atoms with Gasteiger partial charge in [0.15, 0.2) is 0 Å². The van der Waals surface area contributed by atoms with Crippen LogP contribution in [0.1, 0.15) is 16.7 Å². The number of hydrogen-bond acceptors (Lipinski definition) is 2. The van der Waals surface area contributed by atoms with E-state index in [2.05, 4.69) is 45.3 Å². The summed E-state index contributed by atoms with van der Waals surface area (Å²) < 4.78 is 0. The van der Waals surface area contributed by atoms with Crippen LogP contribution < -0.4 is 0 Å². The predicted octanol–water partition coefficient (Wildman–Crippen LogP) is 2.82. The number of aliphatic hydroxyl groups is 1. The van der Waals surface area contributed by atoms with Gasteiger partial charge in [-0.05, 0) is 31.7 Å². The molecule has 14 heavy (non-hydrogen) atoms. The van der Waals surface area contributed by atoms with Gasteiger partial charge in [0.2, 0.25) is 0 Å². The fraction of sp³-hybridized carbons (Fsp3) is 0.250. The smallest absolute Gasteiger partial charge is 0.0319 e. The van der Waals surface area contributed by atoms with Crippen molar-refractivity contribution in [2.45, 2.75) is 13.8 Å². The van der Waals surface area contributed by atoms with Crippen LogP contribution in [0.2, 0.25) is 0 Å². The van der Waals surface area contributed by atoms with Crippen molar-refractivity contribution >= 4 is 12.8 Å². The average molecular weight is 193 g/mol. The summed E-state index contributed by atoms with van der Waals surface area (Å²) in [5.74, 6) is 0. The normalized spacial score (nSPS) is 7.43. The summed E-state index contributed by atoms with van der Waals surface area (Å²) >= 11 is 0. The highest BCUT2D eigenvalue weighted by Crippen LogP contribution is 2.10. The van der Waals surface area contributed by atoms with Crippen molar-refractivity contribution in [3.63, 3.8) is 0 Å². The Morgan fingerprint density at radius 2 is 1.71 bits per heavy atom. The predicted molar refractivity (Wildman–Crippen MR) is 64.0 cm³/mol. The summed E-state index contributed by atoms with van der Waals surface area (Å²) in [5, 5.41) is 12.5. The van der Waals surface area contributed by atoms with Crippen LogP contribution in [0.4, 0.5) is 0 Å². The van der Waals surface area contributed by atoms with Crippen LogP contribution in [0.3, 0.4) is 0 Å². The van der Waals surface area contributed by atoms with Gasteiger partial charge in [-0.3, -0.25) is 0 Å². The Hall–Kier alpha value is -1.41. The van der Waals surface area contributed by atoms with Gasteiger partial charge in [-0.1, -0.05) is 36.4 Å². The van der Waals surface area contributed by atoms with Crippen LogP contribution in [-0.2, 0) is 0 Å². The maximum Gasteiger partial charge on any atom is 0.0319 e. The highest BCUT2D eigenvalue weighted by atomic mass is 16.2. The monoisotopic (exact) mass is 193 g/mol. The van der Waals surface area contributed by atoms with E-state index >= 15 is 0 Å². The summed E-state index contributed by atoms with van der Waals surface area (Å²) in [7, 11) is 1.00. The van der Waals surface area contributed by atoms with E-state index in [0.29, 0.717) is 0 Å². The first-order chi connectivity index (χ1) is 6.74. The van der Waals surface area contributed by atoms with Gasteiger partial charge >= 0.3 is 0 Å². The van der Waals surface area contributed by atoms with Crippen molar-refractivity contribution in [3.8, 4) is 0 Å². The lowest BCUT2D eigenvalue weighted by molar-refractivity contribution is 0.399. The molecule has 2 heteroatoms. The first kappa shape index (κ1) is 15.1. The van der Waals surface area contributed by atoms with Gasteiger partial charge in [-0.15, -0.1) is 0 Å². The third kappa shape index (κ3) is 5.27. The number of hydrogen-bond donors (Lipinski definition) is 2. The Balaban J connectivity index is 0. The number of benzene rings is 1. The van der Waals surface area contributed by atoms with Gasteiger partial charge in [-0.2, -0.15) is 0 Å². The molecule has 2 nitrogen and oxygen atoms in total. The summed E-state index contributed by atoms with van der Waals surface area (Å²) in [6.45, 7) is 10.4. The molecule has 0 saturated heterocycles. The lowest BCUT2D eigenvalue weighted by atomic mass is 10.1. The van der Waals surface area contributed by atoms with Crippen molar-refractivity contribution in [2.75, 3.05) is 7.11 Å². The molecule has 0 fully saturated rings. The zero-order chi connectivity index (χ0) is 11.6. The Labute approximate surface area is 86.4 Å². The zero-order valence-electron chi connectivity index (χ0n) is 9.17. The standard InChI is InChI=1S/C10H12.CH3N.CH4O/c1-4-10-7-8(2)5-6-9(10)3;2*1-2/h4-7H,1H2,2-3H3;2H,1H2;2H,1H3. The molecule has 1 aromatic rings. The molecule has 2 N–H and O–H groups in total. The Morgan fingerprint density at radius 3 is 2.07 bits per heavy atom. The molecular formula is C12H19NO. The molecule has 0 aliphatic carbocycles. The minimum atomic E-state index is 1.00. The third-order valence-corrected chi connectivity index (χ3v) is 1.65. The summed E-state index contributed by atoms with van der Waals surface area (Å²) in [5.41, 5.74) is 3.82. The van der Waals surface area contributed by atoms with Crippen LogP contribution in [-0.4, -0.2) is 18.9 Å². The molecule has 0 atom stereocenters. The van der Waals surface area contributed by atoms with Crippen molar-refractivity contribution < 1.29 is 5.11 Å². The molecule has 78 valence electrons. The molecule has 0 aromatic heterocycles. The minimum absolute atomic E-state index is 1.00. The number of rotatable bonds is 1. The van der Waals surface area contributed by atoms with Gasteiger partial charge in [0.05, 0.1) is 0 Å². The van der Waals surface area contributed by atoms with E-state index in [1.165, 1.54) is 16.7 Å². The second kappa shape index (κ2) is 9.68. The second-order valence-electron chi connectivity index (χ2n) is 2.56. The summed E-state index contributed by atoms with van der Waals surface area (Å²) in [6.07, 6.45) is 1.89. The molecule has 1 rings (SSSR count). The lowest BCUT2D eigenvalue weighted by Gasteiger charge is -1.99. The number of nitrogens with one attached hydrogen (secondary N) is 1. The first-order valence-corrected chi connectivity index (χ1v) is 4.24. The third-order valence-electron chi connectivity index (χ3n) is 1.65. The SMILES string of the molecule is C=Cc1cc(C)ccc1C.C=N.CO. The molecule has 0 heterocycles. The fourth-order valence-electron chi connectivity index (χ4n) is 0.980. The number of aryl methyl sites for hydroxylation is 2. The minimum Gasteiger partial charge on any atom is -0.400 e. The average Bonchev–Trinajstić information content (AvgIpc) is 2.27. The molecule has 0 saturated carbocycles. The van der Waals surface area contributed by atoms with E-state index in [1.54, 1.807) is 0 Å². The fourth-order valence-corrected chi connectivity index (χ4v) is 0.980. The van der Waals surface area contributed by atoms with Crippen LogP contribution in [0.25, 0.3) is 6.08 Å². The van der Waals surface area contributed by atoms with Gasteiger partial charge in [0.25, 0.3) is 0 Å². The summed E-state index contributed by atoms with van der Waals surface area (Å²) in [4.78, 5) is 0. The van der Waals surface area contributed by atoms with Gasteiger partial charge in [0, 0.05) is 7.11 Å². The highest BCUT2D eigenvalue weighted by Gasteiger charge is 1.91. The van der Waals surface area contributed by atoms with E-state index in [-0.39, 0.29) is 0 Å². The van der Waals surface area contributed by atoms with Gasteiger partial charge in [-0.25, -0.2) is 0 Å². The molecule has 0 spiro atoms. The van der Waals surface area contributed by atoms with Crippen LogP contribution in [0, 0.1) is 19.3 Å². The van der Waals surface area contributed by atoms with Crippen LogP contribution in [0.15, 0.2) is 24.8 Å². The number of aliphatic hydroxyl groups excluding tert-OH is 1. The van der Waals surface area contributed by atoms with Crippen molar-refractivity contribution in [3.05, 3.63) is 41.5 Å². The van der Waals surface area contributed by atoms with Crippen molar-refractivity contribution in [1.82, 2.24) is 0 Å².